The Morgan fingerprint density at radius 2 is 1.56 bits per heavy atom. The minimum atomic E-state index is -1.67. The van der Waals surface area contributed by atoms with Crippen LogP contribution in [0.4, 0.5) is 0 Å². The molecule has 2 aromatic rings. The van der Waals surface area contributed by atoms with Crippen LogP contribution in [0.15, 0.2) is 36.8 Å². The van der Waals surface area contributed by atoms with Crippen molar-refractivity contribution in [3.05, 3.63) is 48.0 Å². The molecule has 5 unspecified atom stereocenters. The van der Waals surface area contributed by atoms with Crippen LogP contribution in [-0.4, -0.2) is 90.3 Å². The topological polar surface area (TPSA) is 257 Å². The number of benzene rings is 1. The molecule has 0 spiro atoms. The van der Waals surface area contributed by atoms with E-state index in [4.69, 9.17) is 10.8 Å². The maximum atomic E-state index is 13.1. The smallest absolute Gasteiger partial charge is 0.328 e. The van der Waals surface area contributed by atoms with E-state index in [1.54, 1.807) is 12.1 Å². The number of aromatic amines is 1. The number of aromatic hydroxyl groups is 1. The fraction of sp³-hybridized carbons (Fsp3) is 0.417. The van der Waals surface area contributed by atoms with Gasteiger partial charge in [0, 0.05) is 24.7 Å². The predicted octanol–water partition coefficient (Wildman–Crippen LogP) is -1.99. The number of hydrogen-bond donors (Lipinski definition) is 9. The number of H-pyrrole nitrogens is 1. The number of carbonyl (C=O) groups is 5. The van der Waals surface area contributed by atoms with Gasteiger partial charge in [-0.25, -0.2) is 9.78 Å². The number of rotatable bonds is 15. The lowest BCUT2D eigenvalue weighted by molar-refractivity contribution is -0.145. The molecule has 0 aliphatic rings. The van der Waals surface area contributed by atoms with Gasteiger partial charge in [-0.05, 0) is 37.5 Å². The van der Waals surface area contributed by atoms with Crippen LogP contribution in [0.2, 0.25) is 0 Å². The molecular weight excluding hydrogens is 516 g/mol. The molecule has 0 aliphatic carbocycles. The van der Waals surface area contributed by atoms with Gasteiger partial charge in [-0.1, -0.05) is 12.1 Å². The lowest BCUT2D eigenvalue weighted by Gasteiger charge is -2.25. The zero-order valence-electron chi connectivity index (χ0n) is 21.0. The molecule has 10 N–H and O–H groups in total. The number of imidazole rings is 1. The summed E-state index contributed by atoms with van der Waals surface area (Å²) >= 11 is 0. The molecule has 0 saturated carbocycles. The maximum Gasteiger partial charge on any atom is 0.328 e. The van der Waals surface area contributed by atoms with E-state index in [0.29, 0.717) is 11.3 Å². The molecule has 5 atom stereocenters. The van der Waals surface area contributed by atoms with Gasteiger partial charge in [0.05, 0.1) is 18.5 Å². The van der Waals surface area contributed by atoms with Crippen LogP contribution in [0.5, 0.6) is 5.75 Å². The summed E-state index contributed by atoms with van der Waals surface area (Å²) in [7, 11) is 0. The Bertz CT molecular complexity index is 1140. The second-order valence-electron chi connectivity index (χ2n) is 8.88. The molecule has 212 valence electrons. The van der Waals surface area contributed by atoms with E-state index < -0.39 is 66.4 Å². The van der Waals surface area contributed by atoms with E-state index in [0.717, 1.165) is 0 Å². The Hall–Kier alpha value is -4.50. The van der Waals surface area contributed by atoms with Crippen LogP contribution in [0, 0.1) is 0 Å². The summed E-state index contributed by atoms with van der Waals surface area (Å²) in [5.74, 6) is -5.33. The molecule has 3 amide bonds. The number of carboxylic acid groups (broad SMARTS) is 2. The minimum Gasteiger partial charge on any atom is -0.508 e. The number of carboxylic acids is 2. The van der Waals surface area contributed by atoms with E-state index in [-0.39, 0.29) is 25.0 Å². The SMILES string of the molecule is CC(O)C(NC(=O)C(Cc1cnc[nH]1)NC(=O)C(CCC(=O)O)NC(=O)C(N)Cc1ccc(O)cc1)C(=O)O. The summed E-state index contributed by atoms with van der Waals surface area (Å²) in [5.41, 5.74) is 7.00. The van der Waals surface area contributed by atoms with Crippen LogP contribution in [0.25, 0.3) is 0 Å². The molecule has 0 saturated heterocycles. The Morgan fingerprint density at radius 3 is 2.10 bits per heavy atom. The summed E-state index contributed by atoms with van der Waals surface area (Å²) in [6, 6.07) is 0.388. The summed E-state index contributed by atoms with van der Waals surface area (Å²) in [5, 5.41) is 44.5. The first kappa shape index (κ1) is 30.7. The first-order valence-electron chi connectivity index (χ1n) is 11.9. The van der Waals surface area contributed by atoms with Crippen molar-refractivity contribution in [3.63, 3.8) is 0 Å². The fourth-order valence-electron chi connectivity index (χ4n) is 3.53. The van der Waals surface area contributed by atoms with Gasteiger partial charge >= 0.3 is 11.9 Å². The average molecular weight is 549 g/mol. The highest BCUT2D eigenvalue weighted by atomic mass is 16.4. The van der Waals surface area contributed by atoms with Crippen LogP contribution >= 0.6 is 0 Å². The number of amides is 3. The van der Waals surface area contributed by atoms with E-state index >= 15 is 0 Å². The summed E-state index contributed by atoms with van der Waals surface area (Å²) < 4.78 is 0. The molecule has 1 aromatic heterocycles. The van der Waals surface area contributed by atoms with Gasteiger partial charge in [0.1, 0.15) is 17.8 Å². The van der Waals surface area contributed by atoms with E-state index in [9.17, 15) is 39.3 Å². The number of phenolic OH excluding ortho intramolecular Hbond substituents is 1. The molecule has 0 radical (unpaired) electrons. The maximum absolute atomic E-state index is 13.1. The number of nitrogens with two attached hydrogens (primary N) is 1. The van der Waals surface area contributed by atoms with Crippen LogP contribution in [-0.2, 0) is 36.8 Å². The molecule has 15 nitrogen and oxygen atoms in total. The van der Waals surface area contributed by atoms with Crippen molar-refractivity contribution < 1.29 is 44.4 Å². The molecule has 1 aromatic carbocycles. The number of carbonyl (C=O) groups excluding carboxylic acids is 3. The third-order valence-electron chi connectivity index (χ3n) is 5.67. The van der Waals surface area contributed by atoms with Gasteiger partial charge in [-0.2, -0.15) is 0 Å². The second-order valence-corrected chi connectivity index (χ2v) is 8.88. The molecule has 2 rings (SSSR count). The normalized spacial score (nSPS) is 14.7. The first-order valence-corrected chi connectivity index (χ1v) is 11.9. The lowest BCUT2D eigenvalue weighted by Crippen LogP contribution is -2.59. The Labute approximate surface area is 222 Å². The number of hydrogen-bond acceptors (Lipinski definition) is 9. The Morgan fingerprint density at radius 1 is 0.949 bits per heavy atom. The number of nitrogens with one attached hydrogen (secondary N) is 4. The van der Waals surface area contributed by atoms with Crippen molar-refractivity contribution in [1.82, 2.24) is 25.9 Å². The fourth-order valence-corrected chi connectivity index (χ4v) is 3.53. The molecular formula is C24H32N6O9. The zero-order valence-corrected chi connectivity index (χ0v) is 21.0. The third-order valence-corrected chi connectivity index (χ3v) is 5.67. The Balaban J connectivity index is 2.19. The highest BCUT2D eigenvalue weighted by Gasteiger charge is 2.32. The predicted molar refractivity (Wildman–Crippen MR) is 134 cm³/mol. The number of nitrogens with zero attached hydrogens (tertiary/aromatic N) is 1. The van der Waals surface area contributed by atoms with Crippen molar-refractivity contribution in [2.75, 3.05) is 0 Å². The highest BCUT2D eigenvalue weighted by molar-refractivity contribution is 5.94. The van der Waals surface area contributed by atoms with Crippen molar-refractivity contribution >= 4 is 29.7 Å². The highest BCUT2D eigenvalue weighted by Crippen LogP contribution is 2.11. The molecule has 1 heterocycles. The number of aromatic nitrogens is 2. The molecule has 0 aliphatic heterocycles. The van der Waals surface area contributed by atoms with Crippen LogP contribution < -0.4 is 21.7 Å². The molecule has 39 heavy (non-hydrogen) atoms. The quantitative estimate of drug-likeness (QED) is 0.118. The van der Waals surface area contributed by atoms with Crippen LogP contribution in [0.1, 0.15) is 31.0 Å². The third kappa shape index (κ3) is 10.1. The number of aliphatic hydroxyl groups is 1. The second kappa shape index (κ2) is 14.4. The molecule has 15 heteroatoms. The summed E-state index contributed by atoms with van der Waals surface area (Å²) in [6.45, 7) is 1.17. The van der Waals surface area contributed by atoms with Gasteiger partial charge in [-0.15, -0.1) is 0 Å². The van der Waals surface area contributed by atoms with Gasteiger partial charge in [0.2, 0.25) is 17.7 Å². The van der Waals surface area contributed by atoms with Crippen molar-refractivity contribution in [2.45, 2.75) is 62.9 Å². The lowest BCUT2D eigenvalue weighted by atomic mass is 10.0. The van der Waals surface area contributed by atoms with Crippen molar-refractivity contribution in [2.24, 2.45) is 5.73 Å². The summed E-state index contributed by atoms with van der Waals surface area (Å²) in [4.78, 5) is 68.0. The van der Waals surface area contributed by atoms with Gasteiger partial charge in [-0.3, -0.25) is 19.2 Å². The van der Waals surface area contributed by atoms with Crippen LogP contribution in [0.3, 0.4) is 0 Å². The van der Waals surface area contributed by atoms with Gasteiger partial charge in [0.15, 0.2) is 6.04 Å². The standard InChI is InChI=1S/C24H32N6O9/c1-12(31)20(24(38)39)30-23(37)18(9-14-10-26-11-27-14)29-22(36)17(6-7-19(33)34)28-21(35)16(25)8-13-2-4-15(32)5-3-13/h2-5,10-12,16-18,20,31-32H,6-9,25H2,1H3,(H,26,27)(H,28,35)(H,29,36)(H,30,37)(H,33,34)(H,38,39). The first-order chi connectivity index (χ1) is 18.4. The van der Waals surface area contributed by atoms with Crippen molar-refractivity contribution in [1.29, 1.82) is 0 Å². The largest absolute Gasteiger partial charge is 0.508 e. The molecule has 0 fully saturated rings. The average Bonchev–Trinajstić information content (AvgIpc) is 3.38. The van der Waals surface area contributed by atoms with E-state index in [1.807, 2.05) is 0 Å². The molecule has 0 bridgehead atoms. The monoisotopic (exact) mass is 548 g/mol. The number of aliphatic hydroxyl groups excluding tert-OH is 1. The zero-order chi connectivity index (χ0) is 29.1. The number of phenols is 1. The van der Waals surface area contributed by atoms with E-state index in [2.05, 4.69) is 25.9 Å². The van der Waals surface area contributed by atoms with E-state index in [1.165, 1.54) is 31.6 Å². The number of aliphatic carboxylic acids is 2. The Kier molecular flexibility index (Phi) is 11.4. The summed E-state index contributed by atoms with van der Waals surface area (Å²) in [6.07, 6.45) is 0.320. The van der Waals surface area contributed by atoms with Gasteiger partial charge in [0.25, 0.3) is 0 Å². The minimum absolute atomic E-state index is 0.0269. The van der Waals surface area contributed by atoms with Gasteiger partial charge < -0.3 is 47.1 Å². The van der Waals surface area contributed by atoms with Crippen molar-refractivity contribution in [3.8, 4) is 5.75 Å².